The highest BCUT2D eigenvalue weighted by Crippen LogP contribution is 2.20. The molecule has 0 aliphatic heterocycles. The summed E-state index contributed by atoms with van der Waals surface area (Å²) in [5.41, 5.74) is 2.28. The summed E-state index contributed by atoms with van der Waals surface area (Å²) < 4.78 is 34.7. The lowest BCUT2D eigenvalue weighted by atomic mass is 10.0. The molecule has 1 heterocycles. The van der Waals surface area contributed by atoms with E-state index in [2.05, 4.69) is 18.7 Å². The molecule has 33 heavy (non-hydrogen) atoms. The zero-order valence-electron chi connectivity index (χ0n) is 19.4. The monoisotopic (exact) mass is 456 g/mol. The van der Waals surface area contributed by atoms with Crippen molar-refractivity contribution in [3.8, 4) is 0 Å². The summed E-state index contributed by atoms with van der Waals surface area (Å²) in [6, 6.07) is 11.2. The van der Waals surface area contributed by atoms with E-state index in [1.54, 1.807) is 17.6 Å². The summed E-state index contributed by atoms with van der Waals surface area (Å²) in [6.07, 6.45) is 0.460. The van der Waals surface area contributed by atoms with Crippen LogP contribution in [0, 0.1) is 11.6 Å². The second kappa shape index (κ2) is 11.2. The van der Waals surface area contributed by atoms with E-state index in [1.807, 2.05) is 12.1 Å². The molecule has 0 unspecified atom stereocenters. The van der Waals surface area contributed by atoms with Crippen LogP contribution in [0.4, 0.5) is 8.78 Å². The van der Waals surface area contributed by atoms with E-state index in [-0.39, 0.29) is 37.0 Å². The summed E-state index contributed by atoms with van der Waals surface area (Å²) >= 11 is 0. The fraction of sp³-hybridized carbons (Fsp3) is 0.385. The Morgan fingerprint density at radius 2 is 1.79 bits per heavy atom. The molecular formula is C26H30F2N2O3. The molecule has 0 radical (unpaired) electrons. The maximum absolute atomic E-state index is 14.2. The maximum Gasteiger partial charge on any atom is 0.325 e. The summed E-state index contributed by atoms with van der Waals surface area (Å²) in [4.78, 5) is 27.5. The van der Waals surface area contributed by atoms with Crippen molar-refractivity contribution in [2.24, 2.45) is 0 Å². The molecule has 2 aromatic carbocycles. The number of carbonyl (C=O) groups excluding carboxylic acids is 1. The minimum Gasteiger partial charge on any atom is -0.465 e. The smallest absolute Gasteiger partial charge is 0.325 e. The Labute approximate surface area is 192 Å². The zero-order valence-corrected chi connectivity index (χ0v) is 19.4. The van der Waals surface area contributed by atoms with Crippen molar-refractivity contribution >= 4 is 16.9 Å². The summed E-state index contributed by atoms with van der Waals surface area (Å²) in [5.74, 6) is -2.22. The fourth-order valence-corrected chi connectivity index (χ4v) is 4.01. The number of hydrogen-bond acceptors (Lipinski definition) is 4. The number of benzene rings is 2. The van der Waals surface area contributed by atoms with Gasteiger partial charge in [-0.05, 0) is 62.2 Å². The predicted octanol–water partition coefficient (Wildman–Crippen LogP) is 4.47. The first-order valence-electron chi connectivity index (χ1n) is 11.3. The van der Waals surface area contributed by atoms with Crippen LogP contribution in [0.2, 0.25) is 0 Å². The van der Waals surface area contributed by atoms with Crippen LogP contribution in [0.5, 0.6) is 0 Å². The largest absolute Gasteiger partial charge is 0.465 e. The Morgan fingerprint density at radius 1 is 1.03 bits per heavy atom. The number of esters is 1. The van der Waals surface area contributed by atoms with Gasteiger partial charge in [0.25, 0.3) is 0 Å². The molecule has 3 rings (SSSR count). The summed E-state index contributed by atoms with van der Waals surface area (Å²) in [6.45, 7) is 8.59. The van der Waals surface area contributed by atoms with Crippen LogP contribution < -0.4 is 5.43 Å². The summed E-state index contributed by atoms with van der Waals surface area (Å²) in [5, 5.41) is 0.503. The molecule has 0 fully saturated rings. The molecule has 0 atom stereocenters. The molecule has 0 N–H and O–H groups in total. The standard InChI is InChI=1S/C26H30F2N2O3/c1-4-29(5-2)16-18-10-13-21-23(14-18)30(17-25(32)33-6-3)20(15-24(21)31)12-11-19-8-7-9-22(27)26(19)28/h7-10,13-15H,4-6,11-12,16-17H2,1-3H3. The number of aryl methyl sites for hydroxylation is 2. The lowest BCUT2D eigenvalue weighted by Gasteiger charge is -2.20. The van der Waals surface area contributed by atoms with Crippen molar-refractivity contribution < 1.29 is 18.3 Å². The van der Waals surface area contributed by atoms with Crippen LogP contribution in [-0.4, -0.2) is 35.1 Å². The number of carbonyl (C=O) groups is 1. The van der Waals surface area contributed by atoms with Crippen LogP contribution in [0.3, 0.4) is 0 Å². The van der Waals surface area contributed by atoms with Crippen molar-refractivity contribution in [1.82, 2.24) is 9.47 Å². The van der Waals surface area contributed by atoms with Gasteiger partial charge in [0.15, 0.2) is 17.1 Å². The molecule has 0 aliphatic rings. The number of pyridine rings is 1. The molecule has 0 spiro atoms. The molecular weight excluding hydrogens is 426 g/mol. The average Bonchev–Trinajstić information content (AvgIpc) is 2.80. The van der Waals surface area contributed by atoms with Gasteiger partial charge in [-0.1, -0.05) is 32.0 Å². The number of aromatic nitrogens is 1. The molecule has 3 aromatic rings. The number of rotatable bonds is 10. The normalized spacial score (nSPS) is 11.3. The van der Waals surface area contributed by atoms with Gasteiger partial charge in [0, 0.05) is 23.7 Å². The maximum atomic E-state index is 14.2. The third-order valence-corrected chi connectivity index (χ3v) is 5.84. The lowest BCUT2D eigenvalue weighted by molar-refractivity contribution is -0.143. The first-order chi connectivity index (χ1) is 15.9. The minimum absolute atomic E-state index is 0.0691. The fourth-order valence-electron chi connectivity index (χ4n) is 4.01. The van der Waals surface area contributed by atoms with Crippen LogP contribution in [-0.2, 0) is 35.5 Å². The number of ether oxygens (including phenoxy) is 1. The quantitative estimate of drug-likeness (QED) is 0.423. The van der Waals surface area contributed by atoms with Gasteiger partial charge in [-0.2, -0.15) is 0 Å². The van der Waals surface area contributed by atoms with Crippen LogP contribution in [0.1, 0.15) is 37.6 Å². The minimum atomic E-state index is -0.907. The van der Waals surface area contributed by atoms with Gasteiger partial charge >= 0.3 is 5.97 Å². The van der Waals surface area contributed by atoms with E-state index in [0.717, 1.165) is 31.3 Å². The molecule has 0 aliphatic carbocycles. The van der Waals surface area contributed by atoms with Crippen molar-refractivity contribution in [1.29, 1.82) is 0 Å². The first kappa shape index (κ1) is 24.6. The number of halogens is 2. The van der Waals surface area contributed by atoms with E-state index in [4.69, 9.17) is 4.74 Å². The average molecular weight is 457 g/mol. The van der Waals surface area contributed by atoms with Crippen molar-refractivity contribution in [2.45, 2.75) is 46.7 Å². The Hall–Kier alpha value is -3.06. The topological polar surface area (TPSA) is 51.5 Å². The Bertz CT molecular complexity index is 1190. The van der Waals surface area contributed by atoms with Crippen molar-refractivity contribution in [2.75, 3.05) is 19.7 Å². The molecule has 1 aromatic heterocycles. The molecule has 0 saturated carbocycles. The number of hydrogen-bond donors (Lipinski definition) is 0. The van der Waals surface area contributed by atoms with Gasteiger partial charge in [0.05, 0.1) is 12.1 Å². The van der Waals surface area contributed by atoms with Gasteiger partial charge in [0.1, 0.15) is 6.54 Å². The van der Waals surface area contributed by atoms with Gasteiger partial charge in [0.2, 0.25) is 0 Å². The Balaban J connectivity index is 2.06. The second-order valence-electron chi connectivity index (χ2n) is 7.92. The SMILES string of the molecule is CCOC(=O)Cn1c(CCc2cccc(F)c2F)cc(=O)c2ccc(CN(CC)CC)cc21. The van der Waals surface area contributed by atoms with Crippen molar-refractivity contribution in [3.63, 3.8) is 0 Å². The van der Waals surface area contributed by atoms with Gasteiger partial charge < -0.3 is 9.30 Å². The lowest BCUT2D eigenvalue weighted by Crippen LogP contribution is -2.23. The van der Waals surface area contributed by atoms with E-state index in [0.29, 0.717) is 16.6 Å². The molecule has 5 nitrogen and oxygen atoms in total. The zero-order chi connectivity index (χ0) is 24.0. The van der Waals surface area contributed by atoms with E-state index >= 15 is 0 Å². The third kappa shape index (κ3) is 5.85. The predicted molar refractivity (Wildman–Crippen MR) is 125 cm³/mol. The highest BCUT2D eigenvalue weighted by molar-refractivity contribution is 5.82. The van der Waals surface area contributed by atoms with Gasteiger partial charge in [-0.3, -0.25) is 14.5 Å². The summed E-state index contributed by atoms with van der Waals surface area (Å²) in [7, 11) is 0. The van der Waals surface area contributed by atoms with Crippen molar-refractivity contribution in [3.05, 3.63) is 81.1 Å². The highest BCUT2D eigenvalue weighted by atomic mass is 19.2. The Kier molecular flexibility index (Phi) is 8.33. The third-order valence-electron chi connectivity index (χ3n) is 5.84. The van der Waals surface area contributed by atoms with Crippen LogP contribution >= 0.6 is 0 Å². The highest BCUT2D eigenvalue weighted by Gasteiger charge is 2.16. The Morgan fingerprint density at radius 3 is 2.48 bits per heavy atom. The van der Waals surface area contributed by atoms with Gasteiger partial charge in [-0.25, -0.2) is 8.78 Å². The number of fused-ring (bicyclic) bond motifs is 1. The van der Waals surface area contributed by atoms with E-state index in [9.17, 15) is 18.4 Å². The van der Waals surface area contributed by atoms with Crippen LogP contribution in [0.15, 0.2) is 47.3 Å². The van der Waals surface area contributed by atoms with E-state index in [1.165, 1.54) is 18.2 Å². The first-order valence-corrected chi connectivity index (χ1v) is 11.3. The van der Waals surface area contributed by atoms with Crippen LogP contribution in [0.25, 0.3) is 10.9 Å². The molecule has 0 saturated heterocycles. The number of nitrogens with zero attached hydrogens (tertiary/aromatic N) is 2. The van der Waals surface area contributed by atoms with E-state index < -0.39 is 17.6 Å². The molecule has 0 bridgehead atoms. The van der Waals surface area contributed by atoms with Gasteiger partial charge in [-0.15, -0.1) is 0 Å². The second-order valence-corrected chi connectivity index (χ2v) is 7.92. The molecule has 7 heteroatoms. The molecule has 0 amide bonds. The molecule has 176 valence electrons.